The summed E-state index contributed by atoms with van der Waals surface area (Å²) in [5, 5.41) is 23.8. The summed E-state index contributed by atoms with van der Waals surface area (Å²) >= 11 is 0. The standard InChI is InChI=1S/C37H32N6O4/c1-22-6-3-4-7-29(22)30-8-5-11-37(23(30)2,36-41-31-16-24(21-44)14-28(17-38)33(31)47-36)42-34-32-26(9-12-39-34)15-25(18-40-32)19-43-13-10-27(20-43)35(45)46/h3-9,11-12,14-16,18,21,23,27H,10,13,19-20H2,1-2H3,(H,39,42)(H,45,46)/t23?,27-,37?/m1/s1. The fourth-order valence-corrected chi connectivity index (χ4v) is 6.82. The summed E-state index contributed by atoms with van der Waals surface area (Å²) in [5.74, 6) is -0.470. The van der Waals surface area contributed by atoms with Gasteiger partial charge in [-0.15, -0.1) is 0 Å². The molecule has 0 saturated carbocycles. The molecule has 47 heavy (non-hydrogen) atoms. The molecule has 0 radical (unpaired) electrons. The molecule has 10 nitrogen and oxygen atoms in total. The minimum atomic E-state index is -1.05. The predicted octanol–water partition coefficient (Wildman–Crippen LogP) is 6.27. The molecule has 1 fully saturated rings. The number of allylic oxidation sites excluding steroid dienone is 2. The highest BCUT2D eigenvalue weighted by molar-refractivity contribution is 5.90. The van der Waals surface area contributed by atoms with Crippen LogP contribution in [0.3, 0.4) is 0 Å². The lowest BCUT2D eigenvalue weighted by Crippen LogP contribution is -2.42. The van der Waals surface area contributed by atoms with Crippen molar-refractivity contribution in [2.45, 2.75) is 32.4 Å². The molecule has 2 aliphatic rings. The summed E-state index contributed by atoms with van der Waals surface area (Å²) < 4.78 is 6.43. The average molecular weight is 625 g/mol. The number of oxazole rings is 1. The number of aromatic nitrogens is 3. The SMILES string of the molecule is Cc1ccccc1C1=CC=CC(Nc2nccc3cc(CN4CC[C@@H](C(=O)O)C4)cnc23)(c2nc3cc(C=O)cc(C#N)c3o2)C1C. The molecule has 10 heteroatoms. The van der Waals surface area contributed by atoms with Crippen LogP contribution < -0.4 is 5.32 Å². The van der Waals surface area contributed by atoms with E-state index in [0.717, 1.165) is 34.2 Å². The van der Waals surface area contributed by atoms with Gasteiger partial charge in [0.05, 0.1) is 11.5 Å². The normalized spacial score (nSPS) is 21.1. The van der Waals surface area contributed by atoms with E-state index in [0.29, 0.717) is 59.7 Å². The Morgan fingerprint density at radius 1 is 1.23 bits per heavy atom. The van der Waals surface area contributed by atoms with Gasteiger partial charge in [-0.3, -0.25) is 19.5 Å². The Kier molecular flexibility index (Phi) is 7.62. The molecule has 2 N–H and O–H groups in total. The number of benzene rings is 2. The van der Waals surface area contributed by atoms with E-state index in [1.165, 1.54) is 6.07 Å². The average Bonchev–Trinajstić information content (AvgIpc) is 3.74. The third-order valence-electron chi connectivity index (χ3n) is 9.37. The number of nitriles is 1. The van der Waals surface area contributed by atoms with Crippen molar-refractivity contribution in [3.8, 4) is 6.07 Å². The molecule has 0 spiro atoms. The fourth-order valence-electron chi connectivity index (χ4n) is 6.82. The fraction of sp³-hybridized carbons (Fsp3) is 0.243. The number of likely N-dealkylation sites (tertiary alicyclic amines) is 1. The van der Waals surface area contributed by atoms with E-state index < -0.39 is 11.5 Å². The quantitative estimate of drug-likeness (QED) is 0.190. The second kappa shape index (κ2) is 11.9. The highest BCUT2D eigenvalue weighted by Gasteiger charge is 2.45. The van der Waals surface area contributed by atoms with Gasteiger partial charge in [-0.05, 0) is 72.5 Å². The Morgan fingerprint density at radius 3 is 2.85 bits per heavy atom. The maximum Gasteiger partial charge on any atom is 0.307 e. The zero-order chi connectivity index (χ0) is 32.7. The van der Waals surface area contributed by atoms with Crippen LogP contribution in [0.1, 0.15) is 51.8 Å². The van der Waals surface area contributed by atoms with Crippen LogP contribution in [-0.4, -0.2) is 50.3 Å². The largest absolute Gasteiger partial charge is 0.481 e. The lowest BCUT2D eigenvalue weighted by Gasteiger charge is -2.39. The van der Waals surface area contributed by atoms with Crippen LogP contribution in [0.2, 0.25) is 0 Å². The van der Waals surface area contributed by atoms with Crippen molar-refractivity contribution >= 4 is 45.6 Å². The van der Waals surface area contributed by atoms with Gasteiger partial charge in [0.2, 0.25) is 5.89 Å². The van der Waals surface area contributed by atoms with Crippen LogP contribution in [0.25, 0.3) is 27.6 Å². The van der Waals surface area contributed by atoms with Gasteiger partial charge < -0.3 is 14.8 Å². The number of aliphatic carboxylic acids is 1. The minimum Gasteiger partial charge on any atom is -0.481 e. The molecule has 2 aromatic carbocycles. The van der Waals surface area contributed by atoms with Crippen molar-refractivity contribution in [1.29, 1.82) is 5.26 Å². The Bertz CT molecular complexity index is 2160. The number of aldehydes is 1. The van der Waals surface area contributed by atoms with Gasteiger partial charge in [-0.25, -0.2) is 9.97 Å². The first kappa shape index (κ1) is 30.0. The zero-order valence-corrected chi connectivity index (χ0v) is 26.0. The van der Waals surface area contributed by atoms with E-state index in [4.69, 9.17) is 19.4 Å². The molecule has 1 saturated heterocycles. The third kappa shape index (κ3) is 5.34. The van der Waals surface area contributed by atoms with Crippen molar-refractivity contribution in [3.05, 3.63) is 113 Å². The van der Waals surface area contributed by atoms with Crippen LogP contribution in [0.15, 0.2) is 83.6 Å². The number of anilines is 1. The number of carboxylic acids is 1. The van der Waals surface area contributed by atoms with Gasteiger partial charge in [0.25, 0.3) is 0 Å². The molecule has 2 unspecified atom stereocenters. The monoisotopic (exact) mass is 624 g/mol. The van der Waals surface area contributed by atoms with Crippen LogP contribution in [0.5, 0.6) is 0 Å². The van der Waals surface area contributed by atoms with Gasteiger partial charge in [0.1, 0.15) is 28.9 Å². The topological polar surface area (TPSA) is 145 Å². The minimum absolute atomic E-state index is 0.228. The first-order valence-electron chi connectivity index (χ1n) is 15.5. The van der Waals surface area contributed by atoms with Gasteiger partial charge in [-0.1, -0.05) is 43.3 Å². The van der Waals surface area contributed by atoms with Crippen molar-refractivity contribution in [3.63, 3.8) is 0 Å². The maximum absolute atomic E-state index is 11.7. The Labute approximate surface area is 271 Å². The van der Waals surface area contributed by atoms with Gasteiger partial charge in [0.15, 0.2) is 11.4 Å². The number of carbonyl (C=O) groups is 2. The van der Waals surface area contributed by atoms with Crippen LogP contribution in [0, 0.1) is 30.1 Å². The molecule has 4 heterocycles. The number of carbonyl (C=O) groups excluding carboxylic acids is 1. The smallest absolute Gasteiger partial charge is 0.307 e. The van der Waals surface area contributed by atoms with Crippen LogP contribution >= 0.6 is 0 Å². The number of nitrogens with one attached hydrogen (secondary N) is 1. The molecule has 3 atom stereocenters. The lowest BCUT2D eigenvalue weighted by atomic mass is 9.73. The number of hydrogen-bond acceptors (Lipinski definition) is 9. The van der Waals surface area contributed by atoms with Crippen molar-refractivity contribution in [2.75, 3.05) is 18.4 Å². The first-order chi connectivity index (χ1) is 22.8. The molecular weight excluding hydrogens is 592 g/mol. The summed E-state index contributed by atoms with van der Waals surface area (Å²) in [5.41, 5.74) is 5.16. The first-order valence-corrected chi connectivity index (χ1v) is 15.5. The van der Waals surface area contributed by atoms with E-state index in [2.05, 4.69) is 54.4 Å². The molecule has 1 aliphatic heterocycles. The predicted molar refractivity (Wildman–Crippen MR) is 177 cm³/mol. The van der Waals surface area contributed by atoms with E-state index in [1.54, 1.807) is 12.3 Å². The molecular formula is C37H32N6O4. The Morgan fingerprint density at radius 2 is 2.09 bits per heavy atom. The second-order valence-corrected chi connectivity index (χ2v) is 12.3. The van der Waals surface area contributed by atoms with E-state index >= 15 is 0 Å². The van der Waals surface area contributed by atoms with Crippen LogP contribution in [-0.2, 0) is 16.9 Å². The number of pyridine rings is 2. The van der Waals surface area contributed by atoms with Crippen LogP contribution in [0.4, 0.5) is 5.82 Å². The summed E-state index contributed by atoms with van der Waals surface area (Å²) in [6, 6.07) is 17.4. The summed E-state index contributed by atoms with van der Waals surface area (Å²) in [6.07, 6.45) is 10.9. The molecule has 234 valence electrons. The number of hydrogen-bond donors (Lipinski definition) is 2. The highest BCUT2D eigenvalue weighted by atomic mass is 16.4. The Hall–Kier alpha value is -5.66. The molecule has 1 aliphatic carbocycles. The lowest BCUT2D eigenvalue weighted by molar-refractivity contribution is -0.141. The van der Waals surface area contributed by atoms with Crippen molar-refractivity contribution < 1.29 is 19.1 Å². The summed E-state index contributed by atoms with van der Waals surface area (Å²) in [4.78, 5) is 39.7. The molecule has 7 rings (SSSR count). The molecule has 0 amide bonds. The molecule has 0 bridgehead atoms. The highest BCUT2D eigenvalue weighted by Crippen LogP contribution is 2.46. The summed E-state index contributed by atoms with van der Waals surface area (Å²) in [7, 11) is 0. The van der Waals surface area contributed by atoms with Gasteiger partial charge in [0, 0.05) is 42.4 Å². The van der Waals surface area contributed by atoms with Gasteiger partial charge >= 0.3 is 5.97 Å². The number of carboxylic acid groups (broad SMARTS) is 1. The van der Waals surface area contributed by atoms with E-state index in [1.807, 2.05) is 36.5 Å². The van der Waals surface area contributed by atoms with Crippen molar-refractivity contribution in [1.82, 2.24) is 19.9 Å². The Balaban J connectivity index is 1.32. The zero-order valence-electron chi connectivity index (χ0n) is 26.0. The number of rotatable bonds is 8. The third-order valence-corrected chi connectivity index (χ3v) is 9.37. The number of fused-ring (bicyclic) bond motifs is 2. The number of nitrogens with zero attached hydrogens (tertiary/aromatic N) is 5. The molecule has 3 aromatic heterocycles. The van der Waals surface area contributed by atoms with Crippen molar-refractivity contribution in [2.24, 2.45) is 11.8 Å². The second-order valence-electron chi connectivity index (χ2n) is 12.3. The van der Waals surface area contributed by atoms with E-state index in [-0.39, 0.29) is 17.4 Å². The molecule has 5 aromatic rings. The van der Waals surface area contributed by atoms with E-state index in [9.17, 15) is 20.0 Å². The van der Waals surface area contributed by atoms with Gasteiger partial charge in [-0.2, -0.15) is 5.26 Å². The summed E-state index contributed by atoms with van der Waals surface area (Å²) in [6.45, 7) is 6.04. The number of aryl methyl sites for hydroxylation is 1. The maximum atomic E-state index is 11.7.